The number of benzene rings is 2. The van der Waals surface area contributed by atoms with E-state index in [1.807, 2.05) is 30.3 Å². The normalized spacial score (nSPS) is 13.6. The monoisotopic (exact) mass is 281 g/mol. The second kappa shape index (κ2) is 5.87. The van der Waals surface area contributed by atoms with Crippen LogP contribution in [-0.2, 0) is 11.2 Å². The summed E-state index contributed by atoms with van der Waals surface area (Å²) < 4.78 is 0. The Morgan fingerprint density at radius 2 is 1.90 bits per heavy atom. The lowest BCUT2D eigenvalue weighted by molar-refractivity contribution is -0.115. The smallest absolute Gasteiger partial charge is 0.243 e. The molecule has 4 heteroatoms. The Hall–Kier alpha value is -2.49. The van der Waals surface area contributed by atoms with Gasteiger partial charge in [-0.25, -0.2) is 0 Å². The summed E-state index contributed by atoms with van der Waals surface area (Å²) in [4.78, 5) is 14.4. The van der Waals surface area contributed by atoms with E-state index in [4.69, 9.17) is 5.73 Å². The zero-order valence-electron chi connectivity index (χ0n) is 11.9. The third kappa shape index (κ3) is 2.99. The summed E-state index contributed by atoms with van der Waals surface area (Å²) in [5.41, 5.74) is 9.59. The molecule has 4 nitrogen and oxygen atoms in total. The van der Waals surface area contributed by atoms with Crippen LogP contribution in [0.2, 0.25) is 0 Å². The van der Waals surface area contributed by atoms with Gasteiger partial charge in [-0.05, 0) is 36.6 Å². The molecule has 0 spiro atoms. The highest BCUT2D eigenvalue weighted by Gasteiger charge is 2.18. The summed E-state index contributed by atoms with van der Waals surface area (Å²) in [6.07, 6.45) is 2.16. The molecule has 1 aliphatic rings. The number of carbonyl (C=O) groups excluding carboxylic acids is 1. The van der Waals surface area contributed by atoms with Gasteiger partial charge in [0.2, 0.25) is 5.91 Å². The number of carbonyl (C=O) groups is 1. The lowest BCUT2D eigenvalue weighted by atomic mass is 10.0. The first-order chi connectivity index (χ1) is 10.2. The van der Waals surface area contributed by atoms with Crippen LogP contribution in [0.4, 0.5) is 17.1 Å². The van der Waals surface area contributed by atoms with Crippen LogP contribution in [0.25, 0.3) is 0 Å². The number of fused-ring (bicyclic) bond motifs is 1. The second-order valence-corrected chi connectivity index (χ2v) is 5.29. The fourth-order valence-corrected chi connectivity index (χ4v) is 2.75. The lowest BCUT2D eigenvalue weighted by Crippen LogP contribution is -2.36. The van der Waals surface area contributed by atoms with Crippen molar-refractivity contribution < 1.29 is 4.79 Å². The molecular weight excluding hydrogens is 262 g/mol. The SMILES string of the molecule is Nc1ccccc1NC(=O)CN1CCCc2ccccc21. The summed E-state index contributed by atoms with van der Waals surface area (Å²) in [5, 5.41) is 2.88. The fourth-order valence-electron chi connectivity index (χ4n) is 2.75. The van der Waals surface area contributed by atoms with Crippen LogP contribution in [0.5, 0.6) is 0 Å². The Balaban J connectivity index is 1.70. The number of nitrogens with one attached hydrogen (secondary N) is 1. The van der Waals surface area contributed by atoms with Crippen molar-refractivity contribution in [1.29, 1.82) is 0 Å². The Labute approximate surface area is 124 Å². The summed E-state index contributed by atoms with van der Waals surface area (Å²) >= 11 is 0. The van der Waals surface area contributed by atoms with Crippen molar-refractivity contribution in [3.8, 4) is 0 Å². The number of para-hydroxylation sites is 3. The number of rotatable bonds is 3. The second-order valence-electron chi connectivity index (χ2n) is 5.29. The zero-order chi connectivity index (χ0) is 14.7. The predicted molar refractivity (Wildman–Crippen MR) is 86.5 cm³/mol. The van der Waals surface area contributed by atoms with Crippen LogP contribution in [0.15, 0.2) is 48.5 Å². The summed E-state index contributed by atoms with van der Waals surface area (Å²) in [6, 6.07) is 15.6. The number of anilines is 3. The number of amides is 1. The minimum atomic E-state index is -0.0374. The first kappa shape index (κ1) is 13.5. The molecule has 0 bridgehead atoms. The van der Waals surface area contributed by atoms with Gasteiger partial charge in [0.15, 0.2) is 0 Å². The molecule has 0 radical (unpaired) electrons. The van der Waals surface area contributed by atoms with Crippen LogP contribution in [0, 0.1) is 0 Å². The molecule has 1 heterocycles. The Morgan fingerprint density at radius 3 is 2.76 bits per heavy atom. The highest BCUT2D eigenvalue weighted by molar-refractivity contribution is 5.96. The van der Waals surface area contributed by atoms with Crippen molar-refractivity contribution in [2.24, 2.45) is 0 Å². The maximum Gasteiger partial charge on any atom is 0.243 e. The molecule has 0 aliphatic carbocycles. The van der Waals surface area contributed by atoms with Gasteiger partial charge in [-0.1, -0.05) is 30.3 Å². The van der Waals surface area contributed by atoms with Crippen LogP contribution in [0.1, 0.15) is 12.0 Å². The molecule has 108 valence electrons. The zero-order valence-corrected chi connectivity index (χ0v) is 11.9. The number of nitrogens with two attached hydrogens (primary N) is 1. The number of hydrogen-bond donors (Lipinski definition) is 2. The van der Waals surface area contributed by atoms with Crippen molar-refractivity contribution in [2.45, 2.75) is 12.8 Å². The van der Waals surface area contributed by atoms with E-state index in [-0.39, 0.29) is 5.91 Å². The molecule has 0 unspecified atom stereocenters. The standard InChI is InChI=1S/C17H19N3O/c18-14-8-2-3-9-15(14)19-17(21)12-20-11-5-7-13-6-1-4-10-16(13)20/h1-4,6,8-10H,5,7,11-12,18H2,(H,19,21). The first-order valence-electron chi connectivity index (χ1n) is 7.21. The van der Waals surface area contributed by atoms with E-state index in [9.17, 15) is 4.79 Å². The molecule has 2 aromatic carbocycles. The number of nitrogens with zero attached hydrogens (tertiary/aromatic N) is 1. The summed E-state index contributed by atoms with van der Waals surface area (Å²) in [5.74, 6) is -0.0374. The molecule has 1 aliphatic heterocycles. The van der Waals surface area contributed by atoms with Gasteiger partial charge in [-0.3, -0.25) is 4.79 Å². The van der Waals surface area contributed by atoms with E-state index in [1.54, 1.807) is 6.07 Å². The molecule has 2 aromatic rings. The van der Waals surface area contributed by atoms with Crippen LogP contribution in [-0.4, -0.2) is 19.0 Å². The Morgan fingerprint density at radius 1 is 1.14 bits per heavy atom. The van der Waals surface area contributed by atoms with Gasteiger partial charge in [0.05, 0.1) is 17.9 Å². The average Bonchev–Trinajstić information content (AvgIpc) is 2.50. The van der Waals surface area contributed by atoms with Gasteiger partial charge in [-0.15, -0.1) is 0 Å². The quantitative estimate of drug-likeness (QED) is 0.850. The third-order valence-corrected chi connectivity index (χ3v) is 3.78. The molecule has 0 fully saturated rings. The largest absolute Gasteiger partial charge is 0.397 e. The molecule has 0 saturated heterocycles. The van der Waals surface area contributed by atoms with E-state index >= 15 is 0 Å². The number of nitrogen functional groups attached to an aromatic ring is 1. The highest BCUT2D eigenvalue weighted by atomic mass is 16.2. The molecule has 3 N–H and O–H groups in total. The van der Waals surface area contributed by atoms with E-state index < -0.39 is 0 Å². The van der Waals surface area contributed by atoms with Crippen LogP contribution < -0.4 is 16.0 Å². The van der Waals surface area contributed by atoms with Gasteiger partial charge in [-0.2, -0.15) is 0 Å². The number of aryl methyl sites for hydroxylation is 1. The van der Waals surface area contributed by atoms with Crippen LogP contribution in [0.3, 0.4) is 0 Å². The van der Waals surface area contributed by atoms with E-state index in [0.717, 1.165) is 19.4 Å². The molecule has 3 rings (SSSR count). The summed E-state index contributed by atoms with van der Waals surface area (Å²) in [6.45, 7) is 1.26. The Kier molecular flexibility index (Phi) is 3.77. The molecular formula is C17H19N3O. The summed E-state index contributed by atoms with van der Waals surface area (Å²) in [7, 11) is 0. The van der Waals surface area contributed by atoms with Gasteiger partial charge in [0.1, 0.15) is 0 Å². The maximum absolute atomic E-state index is 12.2. The van der Waals surface area contributed by atoms with Crippen molar-refractivity contribution in [2.75, 3.05) is 29.0 Å². The topological polar surface area (TPSA) is 58.4 Å². The van der Waals surface area contributed by atoms with E-state index in [2.05, 4.69) is 22.3 Å². The fraction of sp³-hybridized carbons (Fsp3) is 0.235. The van der Waals surface area contributed by atoms with Crippen molar-refractivity contribution in [3.05, 3.63) is 54.1 Å². The minimum absolute atomic E-state index is 0.0374. The Bertz CT molecular complexity index is 654. The molecule has 21 heavy (non-hydrogen) atoms. The van der Waals surface area contributed by atoms with Gasteiger partial charge in [0.25, 0.3) is 0 Å². The molecule has 0 aromatic heterocycles. The highest BCUT2D eigenvalue weighted by Crippen LogP contribution is 2.26. The van der Waals surface area contributed by atoms with E-state index in [0.29, 0.717) is 17.9 Å². The van der Waals surface area contributed by atoms with Gasteiger partial charge >= 0.3 is 0 Å². The average molecular weight is 281 g/mol. The predicted octanol–water partition coefficient (Wildman–Crippen LogP) is 2.66. The van der Waals surface area contributed by atoms with Crippen molar-refractivity contribution >= 4 is 23.0 Å². The maximum atomic E-state index is 12.2. The van der Waals surface area contributed by atoms with Gasteiger partial charge < -0.3 is 16.0 Å². The molecule has 0 saturated carbocycles. The van der Waals surface area contributed by atoms with Crippen molar-refractivity contribution in [1.82, 2.24) is 0 Å². The van der Waals surface area contributed by atoms with Gasteiger partial charge in [0, 0.05) is 12.2 Å². The minimum Gasteiger partial charge on any atom is -0.397 e. The molecule has 1 amide bonds. The first-order valence-corrected chi connectivity index (χ1v) is 7.21. The number of hydrogen-bond acceptors (Lipinski definition) is 3. The third-order valence-electron chi connectivity index (χ3n) is 3.78. The van der Waals surface area contributed by atoms with Crippen LogP contribution >= 0.6 is 0 Å². The lowest BCUT2D eigenvalue weighted by Gasteiger charge is -2.30. The molecule has 0 atom stereocenters. The van der Waals surface area contributed by atoms with E-state index in [1.165, 1.54) is 11.3 Å². The van der Waals surface area contributed by atoms with Crippen molar-refractivity contribution in [3.63, 3.8) is 0 Å².